The molecule has 9 nitrogen and oxygen atoms in total. The highest BCUT2D eigenvalue weighted by atomic mass is 19.2. The van der Waals surface area contributed by atoms with Crippen LogP contribution in [0.2, 0.25) is 0 Å². The smallest absolute Gasteiger partial charge is 0.352 e. The first kappa shape index (κ1) is 21.4. The van der Waals surface area contributed by atoms with Crippen LogP contribution in [-0.4, -0.2) is 62.5 Å². The van der Waals surface area contributed by atoms with Gasteiger partial charge in [-0.2, -0.15) is 14.0 Å². The Hall–Kier alpha value is -3.44. The molecule has 4 aromatic rings. The summed E-state index contributed by atoms with van der Waals surface area (Å²) < 4.78 is 41.6. The van der Waals surface area contributed by atoms with E-state index in [2.05, 4.69) is 20.0 Å². The van der Waals surface area contributed by atoms with Crippen molar-refractivity contribution in [3.05, 3.63) is 64.0 Å². The highest BCUT2D eigenvalue weighted by molar-refractivity contribution is 5.89. The molecule has 0 amide bonds. The average Bonchev–Trinajstić information content (AvgIpc) is 3.18. The van der Waals surface area contributed by atoms with Crippen LogP contribution in [-0.2, 0) is 17.8 Å². The lowest BCUT2D eigenvalue weighted by Crippen LogP contribution is -2.29. The third-order valence-electron chi connectivity index (χ3n) is 5.78. The minimum absolute atomic E-state index is 0.00777. The number of hydrogen-bond acceptors (Lipinski definition) is 7. The topological polar surface area (TPSA) is 86.8 Å². The minimum atomic E-state index is -1.11. The number of halogens is 2. The van der Waals surface area contributed by atoms with Gasteiger partial charge in [-0.15, -0.1) is 0 Å². The fourth-order valence-electron chi connectivity index (χ4n) is 4.12. The summed E-state index contributed by atoms with van der Waals surface area (Å²) in [4.78, 5) is 24.1. The van der Waals surface area contributed by atoms with Gasteiger partial charge in [0, 0.05) is 38.0 Å². The maximum Gasteiger partial charge on any atom is 0.352 e. The van der Waals surface area contributed by atoms with Crippen LogP contribution in [0.5, 0.6) is 5.75 Å². The molecular weight excluding hydrogens is 434 g/mol. The molecule has 0 aliphatic carbocycles. The molecule has 5 rings (SSSR count). The van der Waals surface area contributed by atoms with E-state index in [1.54, 1.807) is 6.20 Å². The molecule has 33 heavy (non-hydrogen) atoms. The van der Waals surface area contributed by atoms with Crippen molar-refractivity contribution >= 4 is 16.7 Å². The molecule has 11 heteroatoms. The van der Waals surface area contributed by atoms with Gasteiger partial charge < -0.3 is 9.47 Å². The second-order valence-corrected chi connectivity index (χ2v) is 7.88. The van der Waals surface area contributed by atoms with Gasteiger partial charge in [0.25, 0.3) is 0 Å². The van der Waals surface area contributed by atoms with Gasteiger partial charge in [0.1, 0.15) is 12.0 Å². The molecule has 0 radical (unpaired) electrons. The van der Waals surface area contributed by atoms with E-state index in [0.29, 0.717) is 29.8 Å². The second kappa shape index (κ2) is 8.83. The monoisotopic (exact) mass is 456 g/mol. The number of pyridine rings is 1. The van der Waals surface area contributed by atoms with Gasteiger partial charge in [0.15, 0.2) is 17.2 Å². The Kier molecular flexibility index (Phi) is 5.73. The molecule has 1 saturated heterocycles. The Morgan fingerprint density at radius 1 is 1.09 bits per heavy atom. The number of benzene rings is 1. The van der Waals surface area contributed by atoms with Crippen molar-refractivity contribution in [2.75, 3.05) is 33.4 Å². The lowest BCUT2D eigenvalue weighted by molar-refractivity contribution is 0.140. The Morgan fingerprint density at radius 3 is 2.82 bits per heavy atom. The van der Waals surface area contributed by atoms with E-state index in [-0.39, 0.29) is 17.9 Å². The summed E-state index contributed by atoms with van der Waals surface area (Å²) in [5.74, 6) is -2.39. The van der Waals surface area contributed by atoms with Crippen LogP contribution in [0, 0.1) is 11.6 Å². The highest BCUT2D eigenvalue weighted by Gasteiger charge is 2.19. The Balaban J connectivity index is 1.59. The Bertz CT molecular complexity index is 1380. The standard InChI is InChI=1S/C22H22F2N6O3/c1-32-17-4-3-15(18(23)19(17)24)12-29-20-16(21-26-13-27-30(21)22(29)31)9-14(10-25-20)11-28-5-2-7-33-8-6-28/h3-4,9-10,13H,2,5-8,11-12H2,1H3. The van der Waals surface area contributed by atoms with Gasteiger partial charge in [-0.3, -0.25) is 9.47 Å². The van der Waals surface area contributed by atoms with E-state index < -0.39 is 17.3 Å². The number of ether oxygens (including phenoxy) is 2. The van der Waals surface area contributed by atoms with Crippen molar-refractivity contribution in [2.24, 2.45) is 0 Å². The number of hydrogen-bond donors (Lipinski definition) is 0. The van der Waals surface area contributed by atoms with E-state index in [4.69, 9.17) is 9.47 Å². The van der Waals surface area contributed by atoms with Crippen molar-refractivity contribution in [2.45, 2.75) is 19.5 Å². The average molecular weight is 456 g/mol. The summed E-state index contributed by atoms with van der Waals surface area (Å²) in [5, 5.41) is 4.63. The van der Waals surface area contributed by atoms with Crippen molar-refractivity contribution in [1.29, 1.82) is 0 Å². The van der Waals surface area contributed by atoms with Gasteiger partial charge in [-0.25, -0.2) is 19.2 Å². The number of methoxy groups -OCH3 is 1. The van der Waals surface area contributed by atoms with Crippen LogP contribution in [0.4, 0.5) is 8.78 Å². The van der Waals surface area contributed by atoms with Crippen LogP contribution in [0.1, 0.15) is 17.5 Å². The molecule has 0 unspecified atom stereocenters. The van der Waals surface area contributed by atoms with Gasteiger partial charge in [0.2, 0.25) is 5.82 Å². The fraction of sp³-hybridized carbons (Fsp3) is 0.364. The highest BCUT2D eigenvalue weighted by Crippen LogP contribution is 2.24. The van der Waals surface area contributed by atoms with Crippen molar-refractivity contribution < 1.29 is 18.3 Å². The summed E-state index contributed by atoms with van der Waals surface area (Å²) in [6.07, 6.45) is 3.94. The van der Waals surface area contributed by atoms with E-state index in [1.807, 2.05) is 6.07 Å². The number of rotatable bonds is 5. The van der Waals surface area contributed by atoms with Crippen LogP contribution >= 0.6 is 0 Å². The molecule has 1 aliphatic heterocycles. The summed E-state index contributed by atoms with van der Waals surface area (Å²) >= 11 is 0. The van der Waals surface area contributed by atoms with Gasteiger partial charge in [0.05, 0.1) is 25.6 Å². The lowest BCUT2D eigenvalue weighted by atomic mass is 10.1. The van der Waals surface area contributed by atoms with Crippen LogP contribution < -0.4 is 10.4 Å². The van der Waals surface area contributed by atoms with Crippen LogP contribution in [0.25, 0.3) is 16.7 Å². The lowest BCUT2D eigenvalue weighted by Gasteiger charge is -2.19. The van der Waals surface area contributed by atoms with Crippen LogP contribution in [0.15, 0.2) is 35.5 Å². The number of aromatic nitrogens is 5. The third-order valence-corrected chi connectivity index (χ3v) is 5.78. The maximum atomic E-state index is 14.6. The summed E-state index contributed by atoms with van der Waals surface area (Å²) in [6, 6.07) is 4.63. The molecule has 0 bridgehead atoms. The molecule has 172 valence electrons. The Morgan fingerprint density at radius 2 is 1.97 bits per heavy atom. The maximum absolute atomic E-state index is 14.6. The first-order valence-corrected chi connectivity index (χ1v) is 10.6. The first-order chi connectivity index (χ1) is 16.1. The number of nitrogens with zero attached hydrogens (tertiary/aromatic N) is 6. The first-order valence-electron chi connectivity index (χ1n) is 10.6. The van der Waals surface area contributed by atoms with E-state index >= 15 is 0 Å². The third kappa shape index (κ3) is 3.93. The van der Waals surface area contributed by atoms with Gasteiger partial charge in [-0.05, 0) is 24.1 Å². The largest absolute Gasteiger partial charge is 0.494 e. The van der Waals surface area contributed by atoms with E-state index in [1.165, 1.54) is 30.1 Å². The van der Waals surface area contributed by atoms with Gasteiger partial charge >= 0.3 is 5.69 Å². The van der Waals surface area contributed by atoms with Crippen molar-refractivity contribution in [3.8, 4) is 5.75 Å². The second-order valence-electron chi connectivity index (χ2n) is 7.88. The number of fused-ring (bicyclic) bond motifs is 3. The molecule has 4 heterocycles. The molecular formula is C22H22F2N6O3. The molecule has 3 aromatic heterocycles. The van der Waals surface area contributed by atoms with E-state index in [0.717, 1.165) is 36.2 Å². The quantitative estimate of drug-likeness (QED) is 0.454. The summed E-state index contributed by atoms with van der Waals surface area (Å²) in [5.41, 5.74) is 1.07. The molecule has 0 atom stereocenters. The zero-order valence-electron chi connectivity index (χ0n) is 18.0. The normalized spacial score (nSPS) is 15.2. The summed E-state index contributed by atoms with van der Waals surface area (Å²) in [7, 11) is 1.26. The minimum Gasteiger partial charge on any atom is -0.494 e. The fourth-order valence-corrected chi connectivity index (χ4v) is 4.12. The zero-order chi connectivity index (χ0) is 22.9. The Labute approximate surface area is 187 Å². The predicted octanol–water partition coefficient (Wildman–Crippen LogP) is 2.00. The van der Waals surface area contributed by atoms with E-state index in [9.17, 15) is 13.6 Å². The van der Waals surface area contributed by atoms with Gasteiger partial charge in [-0.1, -0.05) is 6.07 Å². The molecule has 0 N–H and O–H groups in total. The molecule has 1 fully saturated rings. The summed E-state index contributed by atoms with van der Waals surface area (Å²) in [6.45, 7) is 3.61. The SMILES string of the molecule is COc1ccc(Cn2c(=O)n3ncnc3c3cc(CN4CCCOCC4)cnc32)c(F)c1F. The van der Waals surface area contributed by atoms with Crippen LogP contribution in [0.3, 0.4) is 0 Å². The molecule has 0 spiro atoms. The van der Waals surface area contributed by atoms with Crippen molar-refractivity contribution in [1.82, 2.24) is 29.0 Å². The van der Waals surface area contributed by atoms with Crippen molar-refractivity contribution in [3.63, 3.8) is 0 Å². The molecule has 1 aliphatic rings. The molecule has 1 aromatic carbocycles. The predicted molar refractivity (Wildman–Crippen MR) is 115 cm³/mol. The zero-order valence-corrected chi connectivity index (χ0v) is 18.0. The molecule has 0 saturated carbocycles.